The Hall–Kier alpha value is -1.57. The van der Waals surface area contributed by atoms with E-state index >= 15 is 0 Å². The number of amides is 1. The van der Waals surface area contributed by atoms with Gasteiger partial charge in [-0.25, -0.2) is 0 Å². The Morgan fingerprint density at radius 2 is 2.14 bits per heavy atom. The third kappa shape index (κ3) is 4.00. The smallest absolute Gasteiger partial charge is 0.246 e. The first-order valence-corrected chi connectivity index (χ1v) is 8.29. The molecular weight excluding hydrogens is 370 g/mol. The molecule has 3 rings (SSSR count). The third-order valence-electron chi connectivity index (χ3n) is 3.03. The summed E-state index contributed by atoms with van der Waals surface area (Å²) >= 11 is 4.98. The first-order valence-electron chi connectivity index (χ1n) is 6.68. The zero-order valence-corrected chi connectivity index (χ0v) is 14.0. The van der Waals surface area contributed by atoms with E-state index in [4.69, 9.17) is 14.2 Å². The Bertz CT molecular complexity index is 673. The molecule has 0 radical (unpaired) electrons. The molecule has 2 heterocycles. The SMILES string of the molecule is O=C(COCc1ccc(Br)s1)NCc1ccc2c(c1)OCO2. The molecule has 22 heavy (non-hydrogen) atoms. The van der Waals surface area contributed by atoms with Crippen molar-refractivity contribution in [1.29, 1.82) is 0 Å². The van der Waals surface area contributed by atoms with Crippen LogP contribution in [0.2, 0.25) is 0 Å². The van der Waals surface area contributed by atoms with Crippen molar-refractivity contribution in [3.05, 3.63) is 44.6 Å². The minimum atomic E-state index is -0.145. The van der Waals surface area contributed by atoms with Gasteiger partial charge >= 0.3 is 0 Å². The number of thiophene rings is 1. The van der Waals surface area contributed by atoms with Crippen LogP contribution in [0.25, 0.3) is 0 Å². The Morgan fingerprint density at radius 3 is 2.95 bits per heavy atom. The summed E-state index contributed by atoms with van der Waals surface area (Å²) < 4.78 is 17.0. The minimum Gasteiger partial charge on any atom is -0.454 e. The highest BCUT2D eigenvalue weighted by atomic mass is 79.9. The number of hydrogen-bond donors (Lipinski definition) is 1. The number of carbonyl (C=O) groups is 1. The molecule has 0 bridgehead atoms. The van der Waals surface area contributed by atoms with E-state index in [0.29, 0.717) is 18.9 Å². The van der Waals surface area contributed by atoms with Crippen LogP contribution in [0.15, 0.2) is 34.1 Å². The van der Waals surface area contributed by atoms with Crippen molar-refractivity contribution >= 4 is 33.2 Å². The number of nitrogens with one attached hydrogen (secondary N) is 1. The first kappa shape index (κ1) is 15.3. The minimum absolute atomic E-state index is 0.0417. The van der Waals surface area contributed by atoms with Gasteiger partial charge in [-0.2, -0.15) is 0 Å². The van der Waals surface area contributed by atoms with E-state index in [0.717, 1.165) is 20.0 Å². The van der Waals surface area contributed by atoms with E-state index < -0.39 is 0 Å². The van der Waals surface area contributed by atoms with Gasteiger partial charge in [0, 0.05) is 11.4 Å². The molecular formula is C15H14BrNO4S. The maximum Gasteiger partial charge on any atom is 0.246 e. The average molecular weight is 384 g/mol. The molecule has 0 unspecified atom stereocenters. The Balaban J connectivity index is 1.40. The quantitative estimate of drug-likeness (QED) is 0.832. The fourth-order valence-corrected chi connectivity index (χ4v) is 3.40. The van der Waals surface area contributed by atoms with E-state index in [-0.39, 0.29) is 19.3 Å². The largest absolute Gasteiger partial charge is 0.454 e. The number of halogens is 1. The molecule has 1 aromatic heterocycles. The highest BCUT2D eigenvalue weighted by Crippen LogP contribution is 2.32. The molecule has 0 saturated heterocycles. The summed E-state index contributed by atoms with van der Waals surface area (Å²) in [6.07, 6.45) is 0. The second-order valence-electron chi connectivity index (χ2n) is 4.66. The topological polar surface area (TPSA) is 56.8 Å². The zero-order valence-electron chi connectivity index (χ0n) is 11.6. The van der Waals surface area contributed by atoms with Crippen molar-refractivity contribution < 1.29 is 19.0 Å². The van der Waals surface area contributed by atoms with Crippen LogP contribution in [0, 0.1) is 0 Å². The summed E-state index contributed by atoms with van der Waals surface area (Å²) in [4.78, 5) is 12.8. The molecule has 116 valence electrons. The lowest BCUT2D eigenvalue weighted by Gasteiger charge is -2.06. The van der Waals surface area contributed by atoms with E-state index in [1.165, 1.54) is 0 Å². The van der Waals surface area contributed by atoms with Crippen molar-refractivity contribution in [3.8, 4) is 11.5 Å². The van der Waals surface area contributed by atoms with Gasteiger partial charge < -0.3 is 19.5 Å². The number of benzene rings is 1. The van der Waals surface area contributed by atoms with E-state index in [9.17, 15) is 4.79 Å². The van der Waals surface area contributed by atoms with Crippen LogP contribution >= 0.6 is 27.3 Å². The standard InChI is InChI=1S/C15H14BrNO4S/c16-14-4-2-11(22-14)7-19-8-15(18)17-6-10-1-3-12-13(5-10)21-9-20-12/h1-5H,6-9H2,(H,17,18). The Kier molecular flexibility index (Phi) is 4.97. The first-order chi connectivity index (χ1) is 10.7. The molecule has 7 heteroatoms. The van der Waals surface area contributed by atoms with Crippen molar-refractivity contribution in [2.24, 2.45) is 0 Å². The molecule has 0 saturated carbocycles. The van der Waals surface area contributed by atoms with Crippen LogP contribution in [0.4, 0.5) is 0 Å². The van der Waals surface area contributed by atoms with Gasteiger partial charge in [0.25, 0.3) is 0 Å². The van der Waals surface area contributed by atoms with Crippen LogP contribution in [-0.2, 0) is 22.7 Å². The van der Waals surface area contributed by atoms with Crippen LogP contribution < -0.4 is 14.8 Å². The number of fused-ring (bicyclic) bond motifs is 1. The van der Waals surface area contributed by atoms with Crippen molar-refractivity contribution in [1.82, 2.24) is 5.32 Å². The predicted molar refractivity (Wildman–Crippen MR) is 86.1 cm³/mol. The maximum absolute atomic E-state index is 11.7. The van der Waals surface area contributed by atoms with Gasteiger partial charge in [0.05, 0.1) is 10.4 Å². The molecule has 2 aromatic rings. The summed E-state index contributed by atoms with van der Waals surface area (Å²) in [7, 11) is 0. The molecule has 1 aromatic carbocycles. The molecule has 1 aliphatic rings. The summed E-state index contributed by atoms with van der Waals surface area (Å²) in [5, 5.41) is 2.82. The monoisotopic (exact) mass is 383 g/mol. The summed E-state index contributed by atoms with van der Waals surface area (Å²) in [6, 6.07) is 9.54. The molecule has 0 spiro atoms. The number of ether oxygens (including phenoxy) is 3. The molecule has 5 nitrogen and oxygen atoms in total. The van der Waals surface area contributed by atoms with E-state index in [2.05, 4.69) is 21.2 Å². The predicted octanol–water partition coefficient (Wildman–Crippen LogP) is 3.07. The van der Waals surface area contributed by atoms with Gasteiger partial charge in [0.15, 0.2) is 11.5 Å². The number of carbonyl (C=O) groups excluding carboxylic acids is 1. The fraction of sp³-hybridized carbons (Fsp3) is 0.267. The second-order valence-corrected chi connectivity index (χ2v) is 7.21. The highest BCUT2D eigenvalue weighted by molar-refractivity contribution is 9.11. The lowest BCUT2D eigenvalue weighted by molar-refractivity contribution is -0.126. The van der Waals surface area contributed by atoms with Crippen molar-refractivity contribution in [3.63, 3.8) is 0 Å². The van der Waals surface area contributed by atoms with Gasteiger partial charge in [0.2, 0.25) is 12.7 Å². The van der Waals surface area contributed by atoms with Gasteiger partial charge in [-0.05, 0) is 45.8 Å². The number of rotatable bonds is 6. The summed E-state index contributed by atoms with van der Waals surface area (Å²) in [5.41, 5.74) is 0.958. The van der Waals surface area contributed by atoms with Gasteiger partial charge in [-0.3, -0.25) is 4.79 Å². The van der Waals surface area contributed by atoms with Crippen LogP contribution in [0.5, 0.6) is 11.5 Å². The second kappa shape index (κ2) is 7.13. The molecule has 1 N–H and O–H groups in total. The van der Waals surface area contributed by atoms with Crippen LogP contribution in [0.1, 0.15) is 10.4 Å². The fourth-order valence-electron chi connectivity index (χ4n) is 1.98. The molecule has 0 atom stereocenters. The van der Waals surface area contributed by atoms with Crippen LogP contribution in [0.3, 0.4) is 0 Å². The normalized spacial score (nSPS) is 12.4. The van der Waals surface area contributed by atoms with Gasteiger partial charge in [-0.1, -0.05) is 6.07 Å². The van der Waals surface area contributed by atoms with E-state index in [1.54, 1.807) is 11.3 Å². The molecule has 1 aliphatic heterocycles. The zero-order chi connectivity index (χ0) is 15.4. The molecule has 0 fully saturated rings. The molecule has 1 amide bonds. The van der Waals surface area contributed by atoms with Crippen molar-refractivity contribution in [2.75, 3.05) is 13.4 Å². The maximum atomic E-state index is 11.7. The number of hydrogen-bond acceptors (Lipinski definition) is 5. The van der Waals surface area contributed by atoms with Gasteiger partial charge in [-0.15, -0.1) is 11.3 Å². The van der Waals surface area contributed by atoms with Crippen molar-refractivity contribution in [2.45, 2.75) is 13.2 Å². The van der Waals surface area contributed by atoms with Crippen LogP contribution in [-0.4, -0.2) is 19.3 Å². The van der Waals surface area contributed by atoms with E-state index in [1.807, 2.05) is 30.3 Å². The lowest BCUT2D eigenvalue weighted by atomic mass is 10.2. The Labute approximate surface area is 140 Å². The Morgan fingerprint density at radius 1 is 1.27 bits per heavy atom. The highest BCUT2D eigenvalue weighted by Gasteiger charge is 2.13. The van der Waals surface area contributed by atoms with Gasteiger partial charge in [0.1, 0.15) is 6.61 Å². The summed E-state index contributed by atoms with van der Waals surface area (Å²) in [5.74, 6) is 1.31. The third-order valence-corrected chi connectivity index (χ3v) is 4.63. The summed E-state index contributed by atoms with van der Waals surface area (Å²) in [6.45, 7) is 1.16. The average Bonchev–Trinajstić information content (AvgIpc) is 3.13. The molecule has 0 aliphatic carbocycles. The lowest BCUT2D eigenvalue weighted by Crippen LogP contribution is -2.26.